The summed E-state index contributed by atoms with van der Waals surface area (Å²) in [6.07, 6.45) is 0. The summed E-state index contributed by atoms with van der Waals surface area (Å²) in [6, 6.07) is 5.81. The van der Waals surface area contributed by atoms with E-state index in [4.69, 9.17) is 15.7 Å². The van der Waals surface area contributed by atoms with Crippen LogP contribution in [0, 0.1) is 6.92 Å². The Labute approximate surface area is 108 Å². The van der Waals surface area contributed by atoms with Crippen molar-refractivity contribution in [1.82, 2.24) is 0 Å². The second kappa shape index (κ2) is 6.86. The summed E-state index contributed by atoms with van der Waals surface area (Å²) in [5.74, 6) is 0.119. The van der Waals surface area contributed by atoms with Gasteiger partial charge in [0.2, 0.25) is 0 Å². The molecule has 0 atom stereocenters. The van der Waals surface area contributed by atoms with Crippen molar-refractivity contribution >= 4 is 11.5 Å². The summed E-state index contributed by atoms with van der Waals surface area (Å²) in [5, 5.41) is 11.9. The molecule has 0 amide bonds. The Balaban J connectivity index is 2.94. The van der Waals surface area contributed by atoms with Gasteiger partial charge in [-0.2, -0.15) is 0 Å². The van der Waals surface area contributed by atoms with Crippen LogP contribution in [0.3, 0.4) is 0 Å². The van der Waals surface area contributed by atoms with Crippen LogP contribution < -0.4 is 10.6 Å². The van der Waals surface area contributed by atoms with E-state index in [9.17, 15) is 0 Å². The molecule has 1 aromatic rings. The fourth-order valence-corrected chi connectivity index (χ4v) is 1.69. The highest BCUT2D eigenvalue weighted by atomic mass is 16.5. The lowest BCUT2D eigenvalue weighted by molar-refractivity contribution is 0.154. The first-order valence-electron chi connectivity index (χ1n) is 5.97. The minimum absolute atomic E-state index is 0.119. The Kier molecular flexibility index (Phi) is 5.45. The van der Waals surface area contributed by atoms with Crippen molar-refractivity contribution in [1.29, 1.82) is 0 Å². The van der Waals surface area contributed by atoms with Crippen LogP contribution in [0.15, 0.2) is 23.4 Å². The molecule has 0 aliphatic heterocycles. The van der Waals surface area contributed by atoms with Crippen molar-refractivity contribution in [3.8, 4) is 0 Å². The summed E-state index contributed by atoms with van der Waals surface area (Å²) in [6.45, 7) is 6.08. The van der Waals surface area contributed by atoms with Crippen LogP contribution in [0.4, 0.5) is 5.69 Å². The minimum Gasteiger partial charge on any atom is -0.409 e. The van der Waals surface area contributed by atoms with Gasteiger partial charge in [0, 0.05) is 31.5 Å². The van der Waals surface area contributed by atoms with Gasteiger partial charge in [-0.25, -0.2) is 0 Å². The molecule has 0 aromatic heterocycles. The van der Waals surface area contributed by atoms with Gasteiger partial charge in [0.15, 0.2) is 5.84 Å². The third-order valence-corrected chi connectivity index (χ3v) is 2.72. The smallest absolute Gasteiger partial charge is 0.172 e. The molecule has 0 fully saturated rings. The zero-order chi connectivity index (χ0) is 13.5. The van der Waals surface area contributed by atoms with Crippen LogP contribution in [-0.2, 0) is 4.74 Å². The molecule has 0 aliphatic carbocycles. The summed E-state index contributed by atoms with van der Waals surface area (Å²) < 4.78 is 5.33. The zero-order valence-electron chi connectivity index (χ0n) is 11.2. The molecule has 3 N–H and O–H groups in total. The maximum absolute atomic E-state index is 8.80. The maximum Gasteiger partial charge on any atom is 0.172 e. The van der Waals surface area contributed by atoms with Gasteiger partial charge in [0.1, 0.15) is 0 Å². The van der Waals surface area contributed by atoms with Crippen LogP contribution >= 0.6 is 0 Å². The fraction of sp³-hybridized carbons (Fsp3) is 0.462. The van der Waals surface area contributed by atoms with Crippen molar-refractivity contribution < 1.29 is 9.94 Å². The van der Waals surface area contributed by atoms with E-state index in [-0.39, 0.29) is 5.84 Å². The van der Waals surface area contributed by atoms with Crippen LogP contribution in [0.25, 0.3) is 0 Å². The summed E-state index contributed by atoms with van der Waals surface area (Å²) in [5.41, 5.74) is 8.47. The van der Waals surface area contributed by atoms with Gasteiger partial charge >= 0.3 is 0 Å². The number of hydrogen-bond acceptors (Lipinski definition) is 4. The van der Waals surface area contributed by atoms with Crippen LogP contribution in [0.1, 0.15) is 18.1 Å². The lowest BCUT2D eigenvalue weighted by Crippen LogP contribution is -2.26. The van der Waals surface area contributed by atoms with E-state index in [1.165, 1.54) is 0 Å². The Morgan fingerprint density at radius 2 is 2.22 bits per heavy atom. The predicted molar refractivity (Wildman–Crippen MR) is 73.5 cm³/mol. The average Bonchev–Trinajstić information content (AvgIpc) is 2.38. The number of nitrogens with two attached hydrogens (primary N) is 1. The molecule has 5 nitrogen and oxygen atoms in total. The second-order valence-corrected chi connectivity index (χ2v) is 4.12. The number of oxime groups is 1. The number of benzene rings is 1. The van der Waals surface area contributed by atoms with E-state index in [1.807, 2.05) is 44.0 Å². The molecule has 0 heterocycles. The van der Waals surface area contributed by atoms with E-state index in [2.05, 4.69) is 5.16 Å². The highest BCUT2D eigenvalue weighted by Crippen LogP contribution is 2.21. The largest absolute Gasteiger partial charge is 0.409 e. The number of likely N-dealkylation sites (N-methyl/N-ethyl adjacent to an activating group) is 1. The van der Waals surface area contributed by atoms with Gasteiger partial charge in [-0.15, -0.1) is 0 Å². The summed E-state index contributed by atoms with van der Waals surface area (Å²) in [7, 11) is 1.96. The predicted octanol–water partition coefficient (Wildman–Crippen LogP) is 1.56. The Hall–Kier alpha value is -1.75. The van der Waals surface area contributed by atoms with Crippen molar-refractivity contribution in [3.05, 3.63) is 29.3 Å². The van der Waals surface area contributed by atoms with Crippen molar-refractivity contribution in [3.63, 3.8) is 0 Å². The Morgan fingerprint density at radius 1 is 1.50 bits per heavy atom. The van der Waals surface area contributed by atoms with Gasteiger partial charge < -0.3 is 20.6 Å². The monoisotopic (exact) mass is 251 g/mol. The maximum atomic E-state index is 8.80. The number of nitrogens with zero attached hydrogens (tertiary/aromatic N) is 2. The first kappa shape index (κ1) is 14.3. The van der Waals surface area contributed by atoms with Gasteiger partial charge in [-0.05, 0) is 31.5 Å². The minimum atomic E-state index is 0.119. The van der Waals surface area contributed by atoms with Gasteiger partial charge in [0.25, 0.3) is 0 Å². The van der Waals surface area contributed by atoms with Gasteiger partial charge in [-0.3, -0.25) is 0 Å². The molecule has 0 spiro atoms. The zero-order valence-corrected chi connectivity index (χ0v) is 11.2. The molecule has 1 rings (SSSR count). The first-order chi connectivity index (χ1) is 8.60. The molecule has 0 unspecified atom stereocenters. The number of rotatable bonds is 6. The highest BCUT2D eigenvalue weighted by Gasteiger charge is 2.11. The molecule has 0 saturated heterocycles. The molecule has 1 aromatic carbocycles. The van der Waals surface area contributed by atoms with Crippen LogP contribution in [-0.4, -0.2) is 37.8 Å². The van der Waals surface area contributed by atoms with E-state index < -0.39 is 0 Å². The van der Waals surface area contributed by atoms with E-state index in [0.717, 1.165) is 23.4 Å². The lowest BCUT2D eigenvalue weighted by Gasteiger charge is -2.22. The highest BCUT2D eigenvalue weighted by molar-refractivity contribution is 6.02. The normalized spacial score (nSPS) is 11.6. The quantitative estimate of drug-likeness (QED) is 0.265. The van der Waals surface area contributed by atoms with Crippen molar-refractivity contribution in [2.24, 2.45) is 10.9 Å². The summed E-state index contributed by atoms with van der Waals surface area (Å²) >= 11 is 0. The Bertz CT molecular complexity index is 419. The number of aryl methyl sites for hydroxylation is 1. The van der Waals surface area contributed by atoms with Crippen LogP contribution in [0.2, 0.25) is 0 Å². The Morgan fingerprint density at radius 3 is 2.83 bits per heavy atom. The number of hydrogen-bond donors (Lipinski definition) is 2. The molecule has 0 bridgehead atoms. The fourth-order valence-electron chi connectivity index (χ4n) is 1.69. The number of anilines is 1. The molecule has 0 radical (unpaired) electrons. The number of amidine groups is 1. The lowest BCUT2D eigenvalue weighted by atomic mass is 10.1. The molecular weight excluding hydrogens is 230 g/mol. The van der Waals surface area contributed by atoms with E-state index in [0.29, 0.717) is 13.2 Å². The van der Waals surface area contributed by atoms with E-state index in [1.54, 1.807) is 0 Å². The van der Waals surface area contributed by atoms with Gasteiger partial charge in [0.05, 0.1) is 6.61 Å². The molecule has 0 aliphatic rings. The van der Waals surface area contributed by atoms with Crippen molar-refractivity contribution in [2.75, 3.05) is 31.7 Å². The molecular formula is C13H21N3O2. The first-order valence-corrected chi connectivity index (χ1v) is 5.97. The second-order valence-electron chi connectivity index (χ2n) is 4.12. The third-order valence-electron chi connectivity index (χ3n) is 2.72. The number of ether oxygens (including phenoxy) is 1. The third kappa shape index (κ3) is 3.63. The SMILES string of the molecule is CCOCCN(C)c1cc(C)ccc1/C(N)=N/O. The van der Waals surface area contributed by atoms with Crippen molar-refractivity contribution in [2.45, 2.75) is 13.8 Å². The molecule has 100 valence electrons. The molecule has 5 heteroatoms. The standard InChI is InChI=1S/C13H21N3O2/c1-4-18-8-7-16(3)12-9-10(2)5-6-11(12)13(14)15-17/h5-6,9,17H,4,7-8H2,1-3H3,(H2,14,15). The molecule has 0 saturated carbocycles. The van der Waals surface area contributed by atoms with E-state index >= 15 is 0 Å². The average molecular weight is 251 g/mol. The summed E-state index contributed by atoms with van der Waals surface area (Å²) in [4.78, 5) is 2.04. The van der Waals surface area contributed by atoms with Crippen LogP contribution in [0.5, 0.6) is 0 Å². The molecule has 18 heavy (non-hydrogen) atoms. The van der Waals surface area contributed by atoms with Gasteiger partial charge in [-0.1, -0.05) is 11.2 Å². The topological polar surface area (TPSA) is 71.1 Å².